The van der Waals surface area contributed by atoms with E-state index in [-0.39, 0.29) is 5.92 Å². The number of hydrogen-bond donors (Lipinski definition) is 2. The van der Waals surface area contributed by atoms with Crippen LogP contribution in [0.15, 0.2) is 35.5 Å². The normalized spacial score (nSPS) is 15.2. The Bertz CT molecular complexity index is 771. The number of aromatic nitrogens is 3. The molecule has 1 aromatic carbocycles. The summed E-state index contributed by atoms with van der Waals surface area (Å²) in [5, 5.41) is 6.78. The molecule has 0 bridgehead atoms. The minimum absolute atomic E-state index is 0.00241. The third-order valence-corrected chi connectivity index (χ3v) is 5.29. The van der Waals surface area contributed by atoms with Crippen molar-refractivity contribution in [1.29, 1.82) is 0 Å². The lowest BCUT2D eigenvalue weighted by Gasteiger charge is -2.16. The Kier molecular flexibility index (Phi) is 5.08. The van der Waals surface area contributed by atoms with Crippen molar-refractivity contribution in [2.24, 2.45) is 11.7 Å². The molecule has 1 heterocycles. The van der Waals surface area contributed by atoms with Gasteiger partial charge in [-0.3, -0.25) is 10.1 Å². The topological polar surface area (TPSA) is 103 Å². The first-order chi connectivity index (χ1) is 12.0. The van der Waals surface area contributed by atoms with E-state index in [4.69, 9.17) is 5.73 Å². The highest BCUT2D eigenvalue weighted by Gasteiger charge is 2.32. The zero-order chi connectivity index (χ0) is 18.0. The van der Waals surface area contributed by atoms with Crippen LogP contribution in [0.2, 0.25) is 0 Å². The van der Waals surface area contributed by atoms with Crippen LogP contribution in [0.5, 0.6) is 0 Å². The van der Waals surface area contributed by atoms with Gasteiger partial charge in [0, 0.05) is 5.92 Å². The van der Waals surface area contributed by atoms with Crippen LogP contribution in [0.1, 0.15) is 38.4 Å². The maximum Gasteiger partial charge on any atom is 0.318 e. The largest absolute Gasteiger partial charge is 0.351 e. The Morgan fingerprint density at radius 1 is 1.28 bits per heavy atom. The molecule has 0 aliphatic heterocycles. The lowest BCUT2D eigenvalue weighted by molar-refractivity contribution is -0.120. The molecule has 1 aromatic heterocycles. The van der Waals surface area contributed by atoms with Gasteiger partial charge in [0.1, 0.15) is 5.82 Å². The van der Waals surface area contributed by atoms with Gasteiger partial charge in [0.15, 0.2) is 0 Å². The summed E-state index contributed by atoms with van der Waals surface area (Å²) in [6, 6.07) is 8.98. The fraction of sp³-hybridized carbons (Fsp3) is 0.412. The highest BCUT2D eigenvalue weighted by Crippen LogP contribution is 2.41. The van der Waals surface area contributed by atoms with Crippen LogP contribution >= 0.6 is 11.8 Å². The van der Waals surface area contributed by atoms with Crippen molar-refractivity contribution in [3.05, 3.63) is 36.2 Å². The van der Waals surface area contributed by atoms with E-state index < -0.39 is 17.2 Å². The Morgan fingerprint density at radius 2 is 1.96 bits per heavy atom. The maximum absolute atomic E-state index is 12.2. The molecule has 3 N–H and O–H groups in total. The number of hydrogen-bond acceptors (Lipinski definition) is 5. The number of para-hydroxylation sites is 1. The fourth-order valence-electron chi connectivity index (χ4n) is 2.52. The summed E-state index contributed by atoms with van der Waals surface area (Å²) < 4.78 is 1.85. The van der Waals surface area contributed by atoms with E-state index in [1.165, 1.54) is 11.8 Å². The first-order valence-electron chi connectivity index (χ1n) is 8.25. The van der Waals surface area contributed by atoms with Gasteiger partial charge in [0.25, 0.3) is 0 Å². The van der Waals surface area contributed by atoms with Crippen LogP contribution in [0.4, 0.5) is 4.79 Å². The molecule has 132 valence electrons. The van der Waals surface area contributed by atoms with Crippen LogP contribution < -0.4 is 11.1 Å². The number of carbonyl (C=O) groups is 2. The Labute approximate surface area is 150 Å². The van der Waals surface area contributed by atoms with Crippen molar-refractivity contribution in [3.8, 4) is 5.69 Å². The van der Waals surface area contributed by atoms with E-state index in [1.54, 1.807) is 0 Å². The summed E-state index contributed by atoms with van der Waals surface area (Å²) in [5.41, 5.74) is 6.01. The second kappa shape index (κ2) is 7.26. The van der Waals surface area contributed by atoms with Crippen molar-refractivity contribution < 1.29 is 9.59 Å². The van der Waals surface area contributed by atoms with Gasteiger partial charge in [-0.25, -0.2) is 14.5 Å². The zero-order valence-electron chi connectivity index (χ0n) is 14.2. The van der Waals surface area contributed by atoms with Gasteiger partial charge in [0.05, 0.1) is 10.9 Å². The van der Waals surface area contributed by atoms with Gasteiger partial charge >= 0.3 is 6.03 Å². The molecular formula is C17H21N5O2S. The molecule has 0 saturated heterocycles. The minimum atomic E-state index is -0.849. The summed E-state index contributed by atoms with van der Waals surface area (Å²) in [6.45, 7) is 3.82. The number of nitrogens with one attached hydrogen (secondary N) is 1. The molecule has 25 heavy (non-hydrogen) atoms. The molecule has 1 fully saturated rings. The maximum atomic E-state index is 12.2. The zero-order valence-corrected chi connectivity index (χ0v) is 15.0. The predicted molar refractivity (Wildman–Crippen MR) is 95.5 cm³/mol. The van der Waals surface area contributed by atoms with Gasteiger partial charge in [-0.05, 0) is 30.9 Å². The molecule has 1 atom stereocenters. The van der Waals surface area contributed by atoms with Crippen LogP contribution in [-0.2, 0) is 4.79 Å². The monoisotopic (exact) mass is 359 g/mol. The van der Waals surface area contributed by atoms with Crippen molar-refractivity contribution in [2.45, 2.75) is 43.0 Å². The van der Waals surface area contributed by atoms with Crippen molar-refractivity contribution in [3.63, 3.8) is 0 Å². The van der Waals surface area contributed by atoms with E-state index in [0.717, 1.165) is 24.4 Å². The first-order valence-corrected chi connectivity index (χ1v) is 9.13. The van der Waals surface area contributed by atoms with E-state index in [2.05, 4.69) is 15.4 Å². The molecule has 3 amide bonds. The van der Waals surface area contributed by atoms with Gasteiger partial charge < -0.3 is 5.73 Å². The molecule has 0 unspecified atom stereocenters. The number of nitrogens with two attached hydrogens (primary N) is 1. The van der Waals surface area contributed by atoms with Crippen LogP contribution in [-0.4, -0.2) is 32.0 Å². The van der Waals surface area contributed by atoms with E-state index >= 15 is 0 Å². The number of amides is 3. The summed E-state index contributed by atoms with van der Waals surface area (Å²) in [7, 11) is 0. The molecule has 0 spiro atoms. The number of benzene rings is 1. The molecule has 3 rings (SSSR count). The number of nitrogens with zero attached hydrogens (tertiary/aromatic N) is 3. The average molecular weight is 359 g/mol. The summed E-state index contributed by atoms with van der Waals surface area (Å²) in [4.78, 5) is 27.8. The third-order valence-electron chi connectivity index (χ3n) is 3.90. The quantitative estimate of drug-likeness (QED) is 0.771. The Balaban J connectivity index is 1.87. The number of thioether (sulfide) groups is 1. The minimum Gasteiger partial charge on any atom is -0.351 e. The Hall–Kier alpha value is -2.35. The molecule has 1 saturated carbocycles. The van der Waals surface area contributed by atoms with Gasteiger partial charge in [0.2, 0.25) is 11.1 Å². The molecule has 1 aliphatic rings. The summed E-state index contributed by atoms with van der Waals surface area (Å²) in [6.07, 6.45) is 2.21. The van der Waals surface area contributed by atoms with E-state index in [9.17, 15) is 9.59 Å². The molecule has 8 heteroatoms. The Morgan fingerprint density at radius 3 is 2.52 bits per heavy atom. The molecule has 1 aliphatic carbocycles. The summed E-state index contributed by atoms with van der Waals surface area (Å²) in [5.74, 6) is 0.916. The number of carbonyl (C=O) groups excluding carboxylic acids is 2. The molecule has 7 nitrogen and oxygen atoms in total. The van der Waals surface area contributed by atoms with Crippen molar-refractivity contribution >= 4 is 23.7 Å². The predicted octanol–water partition coefficient (Wildman–Crippen LogP) is 2.46. The molecular weight excluding hydrogens is 338 g/mol. The van der Waals surface area contributed by atoms with Gasteiger partial charge in [-0.1, -0.05) is 43.8 Å². The second-order valence-corrected chi connectivity index (χ2v) is 7.52. The van der Waals surface area contributed by atoms with Crippen LogP contribution in [0, 0.1) is 5.92 Å². The number of urea groups is 1. The van der Waals surface area contributed by atoms with Gasteiger partial charge in [-0.2, -0.15) is 0 Å². The van der Waals surface area contributed by atoms with E-state index in [0.29, 0.717) is 11.1 Å². The number of primary amides is 1. The molecule has 2 aromatic rings. The molecule has 0 radical (unpaired) electrons. The van der Waals surface area contributed by atoms with Crippen LogP contribution in [0.3, 0.4) is 0 Å². The van der Waals surface area contributed by atoms with Crippen LogP contribution in [0.25, 0.3) is 5.69 Å². The smallest absolute Gasteiger partial charge is 0.318 e. The SMILES string of the molecule is CC(C)[C@@H](Sc1nc(C2CC2)n(-c2ccccc2)n1)C(=O)NC(N)=O. The lowest BCUT2D eigenvalue weighted by Crippen LogP contribution is -2.42. The fourth-order valence-corrected chi connectivity index (χ4v) is 3.46. The van der Waals surface area contributed by atoms with Gasteiger partial charge in [-0.15, -0.1) is 5.10 Å². The standard InChI is InChI=1S/C17H21N5O2S/c1-10(2)13(15(23)20-16(18)24)25-17-19-14(11-8-9-11)22(21-17)12-6-4-3-5-7-12/h3-7,10-11,13H,8-9H2,1-2H3,(H3,18,20,23,24)/t13-/m1/s1. The van der Waals surface area contributed by atoms with Crippen molar-refractivity contribution in [1.82, 2.24) is 20.1 Å². The second-order valence-electron chi connectivity index (χ2n) is 6.41. The number of imide groups is 1. The first kappa shape index (κ1) is 17.5. The third kappa shape index (κ3) is 4.19. The lowest BCUT2D eigenvalue weighted by atomic mass is 10.1. The van der Waals surface area contributed by atoms with E-state index in [1.807, 2.05) is 48.9 Å². The highest BCUT2D eigenvalue weighted by atomic mass is 32.2. The average Bonchev–Trinajstić information content (AvgIpc) is 3.32. The number of rotatable bonds is 6. The summed E-state index contributed by atoms with van der Waals surface area (Å²) >= 11 is 1.26. The highest BCUT2D eigenvalue weighted by molar-refractivity contribution is 8.00. The van der Waals surface area contributed by atoms with Crippen molar-refractivity contribution in [2.75, 3.05) is 0 Å².